The van der Waals surface area contributed by atoms with Gasteiger partial charge in [0, 0.05) is 18.5 Å². The first kappa shape index (κ1) is 13.9. The highest BCUT2D eigenvalue weighted by molar-refractivity contribution is 7.99. The second kappa shape index (κ2) is 7.24. The largest absolute Gasteiger partial charge is 0.373 e. The second-order valence-corrected chi connectivity index (χ2v) is 5.28. The summed E-state index contributed by atoms with van der Waals surface area (Å²) < 4.78 is 0. The third-order valence-electron chi connectivity index (χ3n) is 2.67. The molecule has 0 fully saturated rings. The predicted octanol–water partition coefficient (Wildman–Crippen LogP) is 3.91. The summed E-state index contributed by atoms with van der Waals surface area (Å²) in [6.45, 7) is 5.30. The SMILES string of the molecule is CCCCN(C)c1cccc(SCC)c1C#N. The van der Waals surface area contributed by atoms with Crippen molar-refractivity contribution in [3.05, 3.63) is 23.8 Å². The average Bonchev–Trinajstić information content (AvgIpc) is 2.36. The van der Waals surface area contributed by atoms with Gasteiger partial charge in [-0.3, -0.25) is 0 Å². The molecule has 0 aromatic heterocycles. The number of thioether (sulfide) groups is 1. The van der Waals surface area contributed by atoms with Crippen molar-refractivity contribution in [3.8, 4) is 6.07 Å². The molecule has 0 aliphatic rings. The summed E-state index contributed by atoms with van der Waals surface area (Å²) in [5.74, 6) is 0.997. The predicted molar refractivity (Wildman–Crippen MR) is 75.7 cm³/mol. The van der Waals surface area contributed by atoms with E-state index in [9.17, 15) is 5.26 Å². The topological polar surface area (TPSA) is 27.0 Å². The highest BCUT2D eigenvalue weighted by Gasteiger charge is 2.11. The van der Waals surface area contributed by atoms with Crippen molar-refractivity contribution in [2.24, 2.45) is 0 Å². The Balaban J connectivity index is 2.98. The van der Waals surface area contributed by atoms with E-state index in [0.717, 1.165) is 34.9 Å². The summed E-state index contributed by atoms with van der Waals surface area (Å²) in [6.07, 6.45) is 2.34. The maximum Gasteiger partial charge on any atom is 0.103 e. The fourth-order valence-electron chi connectivity index (χ4n) is 1.74. The lowest BCUT2D eigenvalue weighted by molar-refractivity contribution is 0.765. The van der Waals surface area contributed by atoms with Crippen LogP contribution in [0.25, 0.3) is 0 Å². The van der Waals surface area contributed by atoms with E-state index in [-0.39, 0.29) is 0 Å². The van der Waals surface area contributed by atoms with Crippen LogP contribution in [-0.2, 0) is 0 Å². The standard InChI is InChI=1S/C14H20N2S/c1-4-6-10-16(3)13-8-7-9-14(17-5-2)12(13)11-15/h7-9H,4-6,10H2,1-3H3. The quantitative estimate of drug-likeness (QED) is 0.714. The minimum Gasteiger partial charge on any atom is -0.373 e. The fraction of sp³-hybridized carbons (Fsp3) is 0.500. The van der Waals surface area contributed by atoms with Gasteiger partial charge < -0.3 is 4.90 Å². The van der Waals surface area contributed by atoms with Gasteiger partial charge in [0.15, 0.2) is 0 Å². The van der Waals surface area contributed by atoms with Crippen LogP contribution >= 0.6 is 11.8 Å². The van der Waals surface area contributed by atoms with Crippen molar-refractivity contribution in [1.82, 2.24) is 0 Å². The van der Waals surface area contributed by atoms with E-state index < -0.39 is 0 Å². The molecular weight excluding hydrogens is 228 g/mol. The van der Waals surface area contributed by atoms with Crippen molar-refractivity contribution in [2.45, 2.75) is 31.6 Å². The van der Waals surface area contributed by atoms with Crippen LogP contribution in [0.15, 0.2) is 23.1 Å². The van der Waals surface area contributed by atoms with Crippen molar-refractivity contribution in [2.75, 3.05) is 24.2 Å². The summed E-state index contributed by atoms with van der Waals surface area (Å²) in [6, 6.07) is 8.45. The molecule has 0 radical (unpaired) electrons. The smallest absolute Gasteiger partial charge is 0.103 e. The summed E-state index contributed by atoms with van der Waals surface area (Å²) in [7, 11) is 2.06. The molecule has 0 atom stereocenters. The lowest BCUT2D eigenvalue weighted by atomic mass is 10.1. The molecule has 0 bridgehead atoms. The van der Waals surface area contributed by atoms with E-state index in [1.807, 2.05) is 18.2 Å². The number of nitriles is 1. The maximum atomic E-state index is 9.31. The molecule has 1 aromatic carbocycles. The molecule has 0 saturated heterocycles. The lowest BCUT2D eigenvalue weighted by Gasteiger charge is -2.21. The molecular formula is C14H20N2S. The molecule has 17 heavy (non-hydrogen) atoms. The zero-order chi connectivity index (χ0) is 12.7. The second-order valence-electron chi connectivity index (χ2n) is 3.97. The van der Waals surface area contributed by atoms with Gasteiger partial charge in [0.05, 0.1) is 11.3 Å². The van der Waals surface area contributed by atoms with E-state index in [1.54, 1.807) is 11.8 Å². The monoisotopic (exact) mass is 248 g/mol. The molecule has 0 aliphatic carbocycles. The average molecular weight is 248 g/mol. The van der Waals surface area contributed by atoms with Crippen LogP contribution in [0.1, 0.15) is 32.3 Å². The molecule has 0 saturated carbocycles. The fourth-order valence-corrected chi connectivity index (χ4v) is 2.52. The first-order chi connectivity index (χ1) is 8.24. The normalized spacial score (nSPS) is 10.0. The van der Waals surface area contributed by atoms with Crippen LogP contribution in [0, 0.1) is 11.3 Å². The van der Waals surface area contributed by atoms with Gasteiger partial charge in [0.2, 0.25) is 0 Å². The van der Waals surface area contributed by atoms with Gasteiger partial charge >= 0.3 is 0 Å². The van der Waals surface area contributed by atoms with Crippen LogP contribution in [0.2, 0.25) is 0 Å². The van der Waals surface area contributed by atoms with Crippen LogP contribution in [0.4, 0.5) is 5.69 Å². The molecule has 0 aliphatic heterocycles. The Bertz CT molecular complexity index is 396. The van der Waals surface area contributed by atoms with E-state index in [4.69, 9.17) is 0 Å². The first-order valence-corrected chi connectivity index (χ1v) is 7.10. The molecule has 1 rings (SSSR count). The number of rotatable bonds is 6. The van der Waals surface area contributed by atoms with Gasteiger partial charge in [-0.05, 0) is 24.3 Å². The Morgan fingerprint density at radius 2 is 2.12 bits per heavy atom. The molecule has 92 valence electrons. The minimum atomic E-state index is 0.818. The van der Waals surface area contributed by atoms with Gasteiger partial charge in [-0.2, -0.15) is 5.26 Å². The van der Waals surface area contributed by atoms with Crippen molar-refractivity contribution in [3.63, 3.8) is 0 Å². The number of nitrogens with zero attached hydrogens (tertiary/aromatic N) is 2. The zero-order valence-electron chi connectivity index (χ0n) is 10.9. The van der Waals surface area contributed by atoms with Gasteiger partial charge in [-0.25, -0.2) is 0 Å². The maximum absolute atomic E-state index is 9.31. The van der Waals surface area contributed by atoms with Crippen LogP contribution < -0.4 is 4.90 Å². The minimum absolute atomic E-state index is 0.818. The number of benzene rings is 1. The van der Waals surface area contributed by atoms with E-state index in [1.165, 1.54) is 6.42 Å². The Morgan fingerprint density at radius 3 is 2.71 bits per heavy atom. The molecule has 0 amide bonds. The van der Waals surface area contributed by atoms with Crippen molar-refractivity contribution < 1.29 is 0 Å². The molecule has 0 spiro atoms. The third-order valence-corrected chi connectivity index (χ3v) is 3.61. The summed E-state index contributed by atoms with van der Waals surface area (Å²) in [5, 5.41) is 9.31. The van der Waals surface area contributed by atoms with Crippen molar-refractivity contribution >= 4 is 17.4 Å². The molecule has 2 nitrogen and oxygen atoms in total. The molecule has 0 heterocycles. The lowest BCUT2D eigenvalue weighted by Crippen LogP contribution is -2.19. The van der Waals surface area contributed by atoms with Gasteiger partial charge in [0.1, 0.15) is 6.07 Å². The first-order valence-electron chi connectivity index (χ1n) is 6.11. The zero-order valence-corrected chi connectivity index (χ0v) is 11.7. The number of anilines is 1. The van der Waals surface area contributed by atoms with E-state index in [2.05, 4.69) is 31.9 Å². The number of unbranched alkanes of at least 4 members (excludes halogenated alkanes) is 1. The van der Waals surface area contributed by atoms with Crippen LogP contribution in [0.3, 0.4) is 0 Å². The molecule has 1 aromatic rings. The van der Waals surface area contributed by atoms with Gasteiger partial charge in [0.25, 0.3) is 0 Å². The van der Waals surface area contributed by atoms with Crippen LogP contribution in [-0.4, -0.2) is 19.3 Å². The number of hydrogen-bond acceptors (Lipinski definition) is 3. The molecule has 0 unspecified atom stereocenters. The van der Waals surface area contributed by atoms with Gasteiger partial charge in [-0.1, -0.05) is 26.3 Å². The highest BCUT2D eigenvalue weighted by atomic mass is 32.2. The molecule has 3 heteroatoms. The molecule has 0 N–H and O–H groups in total. The Labute approximate surface area is 109 Å². The van der Waals surface area contributed by atoms with E-state index >= 15 is 0 Å². The summed E-state index contributed by atoms with van der Waals surface area (Å²) in [4.78, 5) is 3.28. The van der Waals surface area contributed by atoms with Crippen LogP contribution in [0.5, 0.6) is 0 Å². The van der Waals surface area contributed by atoms with E-state index in [0.29, 0.717) is 0 Å². The third kappa shape index (κ3) is 3.67. The Morgan fingerprint density at radius 1 is 1.35 bits per heavy atom. The Kier molecular flexibility index (Phi) is 5.93. The van der Waals surface area contributed by atoms with Gasteiger partial charge in [-0.15, -0.1) is 11.8 Å². The summed E-state index contributed by atoms with van der Waals surface area (Å²) >= 11 is 1.73. The highest BCUT2D eigenvalue weighted by Crippen LogP contribution is 2.29. The van der Waals surface area contributed by atoms with Crippen molar-refractivity contribution in [1.29, 1.82) is 5.26 Å². The number of hydrogen-bond donors (Lipinski definition) is 0. The summed E-state index contributed by atoms with van der Waals surface area (Å²) in [5.41, 5.74) is 1.87. The Hall–Kier alpha value is -1.14.